The molecule has 0 heterocycles. The van der Waals surface area contributed by atoms with Crippen LogP contribution >= 0.6 is 0 Å². The van der Waals surface area contributed by atoms with Gasteiger partial charge in [0.2, 0.25) is 0 Å². The molecule has 0 N–H and O–H groups in total. The van der Waals surface area contributed by atoms with Gasteiger partial charge in [-0.2, -0.15) is 0 Å². The van der Waals surface area contributed by atoms with E-state index in [0.29, 0.717) is 5.41 Å². The number of hydrogen-bond acceptors (Lipinski definition) is 0. The topological polar surface area (TPSA) is 0 Å². The maximum atomic E-state index is 2.52. The van der Waals surface area contributed by atoms with Crippen molar-refractivity contribution in [2.24, 2.45) is 40.4 Å². The van der Waals surface area contributed by atoms with Gasteiger partial charge in [0.1, 0.15) is 0 Å². The third-order valence-corrected chi connectivity index (χ3v) is 10.9. The van der Waals surface area contributed by atoms with Gasteiger partial charge >= 0.3 is 0 Å². The first-order chi connectivity index (χ1) is 13.1. The molecule has 1 aromatic carbocycles. The minimum atomic E-state index is 0.543. The lowest BCUT2D eigenvalue weighted by Crippen LogP contribution is -2.63. The van der Waals surface area contributed by atoms with E-state index < -0.39 is 0 Å². The molecule has 1 aromatic rings. The van der Waals surface area contributed by atoms with Gasteiger partial charge in [-0.3, -0.25) is 0 Å². The molecule has 8 aliphatic rings. The van der Waals surface area contributed by atoms with E-state index in [2.05, 4.69) is 31.2 Å². The first-order valence-corrected chi connectivity index (χ1v) is 12.1. The second kappa shape index (κ2) is 5.03. The molecule has 0 nitrogen and oxygen atoms in total. The van der Waals surface area contributed by atoms with Crippen LogP contribution in [0.3, 0.4) is 0 Å². The molecule has 8 aliphatic carbocycles. The van der Waals surface area contributed by atoms with E-state index >= 15 is 0 Å². The highest BCUT2D eigenvalue weighted by atomic mass is 14.7. The highest BCUT2D eigenvalue weighted by Crippen LogP contribution is 2.76. The van der Waals surface area contributed by atoms with E-state index in [0.717, 1.165) is 40.4 Å². The average Bonchev–Trinajstić information content (AvgIpc) is 2.60. The van der Waals surface area contributed by atoms with Crippen LogP contribution in [-0.4, -0.2) is 0 Å². The van der Waals surface area contributed by atoms with Crippen molar-refractivity contribution < 1.29 is 0 Å². The summed E-state index contributed by atoms with van der Waals surface area (Å²) in [6.45, 7) is 2.25. The van der Waals surface area contributed by atoms with E-state index in [-0.39, 0.29) is 0 Å². The molecular formula is C27H36. The Morgan fingerprint density at radius 2 is 1.07 bits per heavy atom. The summed E-state index contributed by atoms with van der Waals surface area (Å²) in [7, 11) is 0. The van der Waals surface area contributed by atoms with Crippen molar-refractivity contribution in [3.8, 4) is 0 Å². The molecule has 8 bridgehead atoms. The molecule has 2 unspecified atom stereocenters. The molecule has 0 aromatic heterocycles. The third kappa shape index (κ3) is 2.06. The summed E-state index contributed by atoms with van der Waals surface area (Å²) in [5, 5.41) is 0. The molecule has 9 rings (SSSR count). The summed E-state index contributed by atoms with van der Waals surface area (Å²) in [5.74, 6) is 5.42. The zero-order chi connectivity index (χ0) is 17.9. The van der Waals surface area contributed by atoms with E-state index in [1.807, 2.05) is 0 Å². The van der Waals surface area contributed by atoms with Gasteiger partial charge in [0.05, 0.1) is 0 Å². The molecular weight excluding hydrogens is 324 g/mol. The van der Waals surface area contributed by atoms with Gasteiger partial charge in [-0.15, -0.1) is 0 Å². The molecule has 144 valence electrons. The summed E-state index contributed by atoms with van der Waals surface area (Å²) in [4.78, 5) is 0. The monoisotopic (exact) mass is 360 g/mol. The fourth-order valence-electron chi connectivity index (χ4n) is 10.9. The standard InChI is InChI=1S/C27H36/c1-18-2-4-24(5-3-18)25-10-22-9-23(11-25)16-27(15-22,17-25)26-12-19-6-20(13-26)8-21(7-19)14-26/h2-5,19-23H,6-17H2,1H3. The average molecular weight is 361 g/mol. The van der Waals surface area contributed by atoms with E-state index in [4.69, 9.17) is 0 Å². The minimum absolute atomic E-state index is 0.543. The van der Waals surface area contributed by atoms with Crippen LogP contribution in [-0.2, 0) is 5.41 Å². The first-order valence-electron chi connectivity index (χ1n) is 12.1. The molecule has 27 heavy (non-hydrogen) atoms. The minimum Gasteiger partial charge on any atom is -0.0590 e. The van der Waals surface area contributed by atoms with Crippen molar-refractivity contribution in [3.63, 3.8) is 0 Å². The van der Waals surface area contributed by atoms with E-state index in [1.54, 1.807) is 69.8 Å². The number of rotatable bonds is 2. The lowest BCUT2D eigenvalue weighted by atomic mass is 9.32. The number of benzene rings is 1. The Bertz CT molecular complexity index is 718. The SMILES string of the molecule is Cc1ccc(C23CC4CC(C2)CC(C25CC6CC(CC(C6)C2)C5)(C4)C3)cc1. The number of hydrogen-bond donors (Lipinski definition) is 0. The fraction of sp³-hybridized carbons (Fsp3) is 0.778. The van der Waals surface area contributed by atoms with Gasteiger partial charge in [0.15, 0.2) is 0 Å². The van der Waals surface area contributed by atoms with Crippen LogP contribution in [0, 0.1) is 47.3 Å². The molecule has 0 amide bonds. The molecule has 8 saturated carbocycles. The molecule has 0 spiro atoms. The molecule has 0 heteroatoms. The second-order valence-corrected chi connectivity index (χ2v) is 12.6. The van der Waals surface area contributed by atoms with Crippen molar-refractivity contribution in [2.45, 2.75) is 89.4 Å². The van der Waals surface area contributed by atoms with Gasteiger partial charge < -0.3 is 0 Å². The summed E-state index contributed by atoms with van der Waals surface area (Å²) in [5.41, 5.74) is 5.17. The van der Waals surface area contributed by atoms with Crippen LogP contribution in [0.5, 0.6) is 0 Å². The Balaban J connectivity index is 1.33. The Hall–Kier alpha value is -0.780. The Morgan fingerprint density at radius 3 is 1.63 bits per heavy atom. The predicted molar refractivity (Wildman–Crippen MR) is 111 cm³/mol. The smallest absolute Gasteiger partial charge is 0.00362 e. The van der Waals surface area contributed by atoms with Crippen LogP contribution in [0.4, 0.5) is 0 Å². The maximum Gasteiger partial charge on any atom is -0.00362 e. The third-order valence-electron chi connectivity index (χ3n) is 10.9. The first kappa shape index (κ1) is 16.1. The lowest BCUT2D eigenvalue weighted by molar-refractivity contribution is -0.205. The summed E-state index contributed by atoms with van der Waals surface area (Å²) in [6, 6.07) is 9.84. The number of aryl methyl sites for hydroxylation is 1. The summed E-state index contributed by atoms with van der Waals surface area (Å²) in [6.07, 6.45) is 19.1. The fourth-order valence-corrected chi connectivity index (χ4v) is 10.9. The maximum absolute atomic E-state index is 2.52. The van der Waals surface area contributed by atoms with Gasteiger partial charge in [-0.1, -0.05) is 29.8 Å². The van der Waals surface area contributed by atoms with Gasteiger partial charge in [0, 0.05) is 0 Å². The molecule has 2 atom stereocenters. The summed E-state index contributed by atoms with van der Waals surface area (Å²) >= 11 is 0. The molecule has 8 fully saturated rings. The van der Waals surface area contributed by atoms with Crippen molar-refractivity contribution >= 4 is 0 Å². The summed E-state index contributed by atoms with van der Waals surface area (Å²) < 4.78 is 0. The normalized spacial score (nSPS) is 54.6. The van der Waals surface area contributed by atoms with Crippen LogP contribution in [0.2, 0.25) is 0 Å². The second-order valence-electron chi connectivity index (χ2n) is 12.6. The van der Waals surface area contributed by atoms with Gasteiger partial charge in [-0.05, 0) is 135 Å². The molecule has 0 radical (unpaired) electrons. The molecule has 0 saturated heterocycles. The largest absolute Gasteiger partial charge is 0.0590 e. The Labute approximate surface area is 165 Å². The van der Waals surface area contributed by atoms with Crippen molar-refractivity contribution in [3.05, 3.63) is 35.4 Å². The van der Waals surface area contributed by atoms with Crippen molar-refractivity contribution in [1.82, 2.24) is 0 Å². The zero-order valence-corrected chi connectivity index (χ0v) is 17.2. The molecule has 0 aliphatic heterocycles. The van der Waals surface area contributed by atoms with E-state index in [9.17, 15) is 0 Å². The predicted octanol–water partition coefficient (Wildman–Crippen LogP) is 7.05. The van der Waals surface area contributed by atoms with Crippen LogP contribution < -0.4 is 0 Å². The van der Waals surface area contributed by atoms with Crippen molar-refractivity contribution in [2.75, 3.05) is 0 Å². The Kier molecular flexibility index (Phi) is 2.99. The van der Waals surface area contributed by atoms with Crippen LogP contribution in [0.1, 0.15) is 88.2 Å². The highest BCUT2D eigenvalue weighted by Gasteiger charge is 2.67. The highest BCUT2D eigenvalue weighted by molar-refractivity contribution is 5.34. The Morgan fingerprint density at radius 1 is 0.593 bits per heavy atom. The quantitative estimate of drug-likeness (QED) is 0.530. The van der Waals surface area contributed by atoms with Gasteiger partial charge in [0.25, 0.3) is 0 Å². The van der Waals surface area contributed by atoms with Crippen LogP contribution in [0.15, 0.2) is 24.3 Å². The lowest BCUT2D eigenvalue weighted by Gasteiger charge is -2.72. The van der Waals surface area contributed by atoms with Crippen molar-refractivity contribution in [1.29, 1.82) is 0 Å². The van der Waals surface area contributed by atoms with Crippen LogP contribution in [0.25, 0.3) is 0 Å². The zero-order valence-electron chi connectivity index (χ0n) is 17.2. The van der Waals surface area contributed by atoms with E-state index in [1.165, 1.54) is 18.4 Å². The van der Waals surface area contributed by atoms with Gasteiger partial charge in [-0.25, -0.2) is 0 Å².